The SMILES string of the molecule is COc1c(C)c2c(c(NC(=O)C(F)(Cl)Cl)c1C/C=C(\C)CCC(=O)OCCN1CCOCC1)C(=O)OC2. The van der Waals surface area contributed by atoms with E-state index in [0.29, 0.717) is 55.2 Å². The predicted octanol–water partition coefficient (Wildman–Crippen LogP) is 3.86. The summed E-state index contributed by atoms with van der Waals surface area (Å²) in [6.45, 7) is 7.62. The Morgan fingerprint density at radius 2 is 1.95 bits per heavy atom. The fourth-order valence-electron chi connectivity index (χ4n) is 4.24. The number of halogens is 3. The third-order valence-electron chi connectivity index (χ3n) is 6.33. The molecular weight excluding hydrogens is 530 g/mol. The minimum atomic E-state index is -3.21. The summed E-state index contributed by atoms with van der Waals surface area (Å²) in [6.07, 6.45) is 2.70. The number of methoxy groups -OCH3 is 1. The third-order valence-corrected chi connectivity index (χ3v) is 6.67. The van der Waals surface area contributed by atoms with Crippen molar-refractivity contribution >= 4 is 46.7 Å². The number of cyclic esters (lactones) is 1. The third kappa shape index (κ3) is 7.56. The summed E-state index contributed by atoms with van der Waals surface area (Å²) >= 11 is 10.7. The van der Waals surface area contributed by atoms with Gasteiger partial charge in [0.1, 0.15) is 19.0 Å². The first kappa shape index (κ1) is 29.2. The topological polar surface area (TPSA) is 103 Å². The molecule has 2 aliphatic heterocycles. The second kappa shape index (κ2) is 12.9. The molecule has 0 atom stereocenters. The minimum Gasteiger partial charge on any atom is -0.496 e. The number of amides is 1. The molecule has 0 unspecified atom stereocenters. The van der Waals surface area contributed by atoms with Crippen molar-refractivity contribution in [2.75, 3.05) is 51.9 Å². The Hall–Kier alpha value is -2.40. The standard InChI is InChI=1S/C25H31Cl2FN2O7/c1-15(5-7-19(31)36-13-10-30-8-11-35-12-9-30)4-6-17-21(29-24(33)25(26,27)28)20-18(14-37-23(20)32)16(2)22(17)34-3/h4H,5-14H2,1-3H3,(H,29,33)/b15-4+. The monoisotopic (exact) mass is 560 g/mol. The number of anilines is 1. The zero-order chi connectivity index (χ0) is 27.2. The fourth-order valence-corrected chi connectivity index (χ4v) is 4.33. The zero-order valence-corrected chi connectivity index (χ0v) is 22.6. The van der Waals surface area contributed by atoms with Crippen molar-refractivity contribution in [3.63, 3.8) is 0 Å². The van der Waals surface area contributed by atoms with E-state index in [1.165, 1.54) is 7.11 Å². The van der Waals surface area contributed by atoms with Crippen molar-refractivity contribution < 1.29 is 37.7 Å². The number of ether oxygens (including phenoxy) is 4. The van der Waals surface area contributed by atoms with Gasteiger partial charge in [-0.15, -0.1) is 0 Å². The van der Waals surface area contributed by atoms with E-state index in [2.05, 4.69) is 10.2 Å². The van der Waals surface area contributed by atoms with E-state index in [1.807, 2.05) is 13.0 Å². The van der Waals surface area contributed by atoms with Crippen molar-refractivity contribution in [2.24, 2.45) is 0 Å². The smallest absolute Gasteiger partial charge is 0.341 e. The summed E-state index contributed by atoms with van der Waals surface area (Å²) in [5.41, 5.74) is 2.62. The van der Waals surface area contributed by atoms with Crippen molar-refractivity contribution in [2.45, 2.75) is 44.3 Å². The number of hydrogen-bond acceptors (Lipinski definition) is 8. The summed E-state index contributed by atoms with van der Waals surface area (Å²) in [7, 11) is 1.45. The summed E-state index contributed by atoms with van der Waals surface area (Å²) in [5, 5.41) is 2.33. The number of rotatable bonds is 11. The fraction of sp³-hybridized carbons (Fsp3) is 0.560. The average Bonchev–Trinajstić information content (AvgIpc) is 3.25. The highest BCUT2D eigenvalue weighted by molar-refractivity contribution is 6.57. The van der Waals surface area contributed by atoms with Gasteiger partial charge in [-0.1, -0.05) is 34.9 Å². The maximum Gasteiger partial charge on any atom is 0.341 e. The van der Waals surface area contributed by atoms with Gasteiger partial charge in [-0.05, 0) is 32.3 Å². The van der Waals surface area contributed by atoms with E-state index in [4.69, 9.17) is 42.1 Å². The molecule has 0 spiro atoms. The van der Waals surface area contributed by atoms with Gasteiger partial charge in [0.25, 0.3) is 5.91 Å². The summed E-state index contributed by atoms with van der Waals surface area (Å²) < 4.78 is 32.1. The molecule has 1 amide bonds. The number of nitrogens with one attached hydrogen (secondary N) is 1. The second-order valence-electron chi connectivity index (χ2n) is 8.82. The number of fused-ring (bicyclic) bond motifs is 1. The molecule has 12 heteroatoms. The molecule has 1 saturated heterocycles. The summed E-state index contributed by atoms with van der Waals surface area (Å²) in [4.78, 5) is 39.1. The van der Waals surface area contributed by atoms with Crippen molar-refractivity contribution in [1.82, 2.24) is 4.90 Å². The maximum absolute atomic E-state index is 13.9. The first-order valence-corrected chi connectivity index (χ1v) is 12.7. The number of allylic oxidation sites excluding steroid dienone is 2. The van der Waals surface area contributed by atoms with Crippen LogP contribution in [0, 0.1) is 6.92 Å². The first-order valence-electron chi connectivity index (χ1n) is 11.9. The molecule has 0 radical (unpaired) electrons. The van der Waals surface area contributed by atoms with Gasteiger partial charge in [-0.2, -0.15) is 4.39 Å². The van der Waals surface area contributed by atoms with Gasteiger partial charge in [0.15, 0.2) is 0 Å². The Balaban J connectivity index is 1.71. The van der Waals surface area contributed by atoms with Crippen LogP contribution < -0.4 is 10.1 Å². The normalized spacial score (nSPS) is 16.3. The number of hydrogen-bond donors (Lipinski definition) is 1. The summed E-state index contributed by atoms with van der Waals surface area (Å²) in [6, 6.07) is 0. The van der Waals surface area contributed by atoms with Gasteiger partial charge in [0.05, 0.1) is 31.6 Å². The highest BCUT2D eigenvalue weighted by Crippen LogP contribution is 2.42. The lowest BCUT2D eigenvalue weighted by molar-refractivity contribution is -0.144. The first-order chi connectivity index (χ1) is 17.5. The number of esters is 2. The van der Waals surface area contributed by atoms with Gasteiger partial charge >= 0.3 is 16.5 Å². The molecule has 37 heavy (non-hydrogen) atoms. The second-order valence-corrected chi connectivity index (χ2v) is 10.1. The molecular formula is C25H31Cl2FN2O7. The predicted molar refractivity (Wildman–Crippen MR) is 136 cm³/mol. The molecule has 9 nitrogen and oxygen atoms in total. The van der Waals surface area contributed by atoms with E-state index in [-0.39, 0.29) is 36.7 Å². The van der Waals surface area contributed by atoms with Crippen LogP contribution in [-0.2, 0) is 36.8 Å². The Labute approximate surface area is 225 Å². The molecule has 0 aliphatic carbocycles. The van der Waals surface area contributed by atoms with Gasteiger partial charge in [-0.3, -0.25) is 14.5 Å². The number of carbonyl (C=O) groups is 3. The van der Waals surface area contributed by atoms with Crippen LogP contribution in [0.15, 0.2) is 11.6 Å². The molecule has 2 aliphatic rings. The highest BCUT2D eigenvalue weighted by atomic mass is 35.5. The number of morpholine rings is 1. The van der Waals surface area contributed by atoms with Crippen LogP contribution in [0.3, 0.4) is 0 Å². The van der Waals surface area contributed by atoms with Crippen LogP contribution in [0.2, 0.25) is 0 Å². The van der Waals surface area contributed by atoms with E-state index in [0.717, 1.165) is 18.7 Å². The van der Waals surface area contributed by atoms with Crippen molar-refractivity contribution in [3.8, 4) is 5.75 Å². The van der Waals surface area contributed by atoms with Crippen molar-refractivity contribution in [3.05, 3.63) is 33.9 Å². The molecule has 1 fully saturated rings. The quantitative estimate of drug-likeness (QED) is 0.247. The van der Waals surface area contributed by atoms with E-state index < -0.39 is 16.5 Å². The molecule has 3 rings (SSSR count). The van der Waals surface area contributed by atoms with Gasteiger partial charge in [-0.25, -0.2) is 4.79 Å². The largest absolute Gasteiger partial charge is 0.496 e. The Morgan fingerprint density at radius 1 is 1.24 bits per heavy atom. The Bertz CT molecular complexity index is 1070. The molecule has 0 saturated carbocycles. The lowest BCUT2D eigenvalue weighted by Crippen LogP contribution is -2.38. The van der Waals surface area contributed by atoms with E-state index >= 15 is 0 Å². The van der Waals surface area contributed by atoms with Crippen LogP contribution in [0.5, 0.6) is 5.75 Å². The molecule has 1 aromatic rings. The van der Waals surface area contributed by atoms with Crippen molar-refractivity contribution in [1.29, 1.82) is 0 Å². The van der Waals surface area contributed by atoms with Gasteiger partial charge in [0, 0.05) is 37.2 Å². The lowest BCUT2D eigenvalue weighted by atomic mass is 9.93. The van der Waals surface area contributed by atoms with Gasteiger partial charge in [0.2, 0.25) is 0 Å². The number of nitrogens with zero attached hydrogens (tertiary/aromatic N) is 1. The minimum absolute atomic E-state index is 0.00938. The highest BCUT2D eigenvalue weighted by Gasteiger charge is 2.38. The number of carbonyl (C=O) groups excluding carboxylic acids is 3. The van der Waals surface area contributed by atoms with Crippen LogP contribution in [0.25, 0.3) is 0 Å². The average molecular weight is 561 g/mol. The molecule has 1 N–H and O–H groups in total. The Kier molecular flexibility index (Phi) is 10.2. The molecule has 1 aromatic carbocycles. The molecule has 0 aromatic heterocycles. The number of alkyl halides is 3. The summed E-state index contributed by atoms with van der Waals surface area (Å²) in [5.74, 6) is -1.89. The maximum atomic E-state index is 13.9. The number of benzene rings is 1. The zero-order valence-electron chi connectivity index (χ0n) is 21.1. The Morgan fingerprint density at radius 3 is 2.59 bits per heavy atom. The molecule has 0 bridgehead atoms. The van der Waals surface area contributed by atoms with Crippen LogP contribution >= 0.6 is 23.2 Å². The molecule has 204 valence electrons. The van der Waals surface area contributed by atoms with Gasteiger partial charge < -0.3 is 24.3 Å². The van der Waals surface area contributed by atoms with E-state index in [9.17, 15) is 18.8 Å². The molecule has 2 heterocycles. The lowest BCUT2D eigenvalue weighted by Gasteiger charge is -2.26. The van der Waals surface area contributed by atoms with Crippen LogP contribution in [-0.4, -0.2) is 73.9 Å². The van der Waals surface area contributed by atoms with Crippen LogP contribution in [0.1, 0.15) is 46.8 Å². The van der Waals surface area contributed by atoms with E-state index in [1.54, 1.807) is 6.92 Å². The van der Waals surface area contributed by atoms with Crippen LogP contribution in [0.4, 0.5) is 10.1 Å².